The Labute approximate surface area is 106 Å². The Kier molecular flexibility index (Phi) is 3.53. The minimum absolute atomic E-state index is 0.276. The first kappa shape index (κ1) is 12.5. The summed E-state index contributed by atoms with van der Waals surface area (Å²) in [5.41, 5.74) is 0.208. The third-order valence-electron chi connectivity index (χ3n) is 2.90. The molecule has 1 aromatic carbocycles. The second kappa shape index (κ2) is 5.10. The average Bonchev–Trinajstić information content (AvgIpc) is 2.42. The van der Waals surface area contributed by atoms with E-state index in [1.807, 2.05) is 13.0 Å². The molecule has 0 spiro atoms. The van der Waals surface area contributed by atoms with Crippen molar-refractivity contribution in [2.45, 2.75) is 18.9 Å². The lowest BCUT2D eigenvalue weighted by Crippen LogP contribution is -2.24. The molecule has 3 heteroatoms. The maximum absolute atomic E-state index is 11.8. The molecule has 1 amide bonds. The van der Waals surface area contributed by atoms with Crippen molar-refractivity contribution >= 4 is 11.6 Å². The molecule has 0 fully saturated rings. The van der Waals surface area contributed by atoms with E-state index in [0.29, 0.717) is 17.7 Å². The number of carbonyl (C=O) groups is 1. The van der Waals surface area contributed by atoms with Crippen LogP contribution in [0.3, 0.4) is 0 Å². The van der Waals surface area contributed by atoms with Crippen molar-refractivity contribution in [1.82, 2.24) is 0 Å². The van der Waals surface area contributed by atoms with Gasteiger partial charge < -0.3 is 5.11 Å². The lowest BCUT2D eigenvalue weighted by Gasteiger charge is -2.20. The van der Waals surface area contributed by atoms with E-state index in [0.717, 1.165) is 0 Å². The van der Waals surface area contributed by atoms with Gasteiger partial charge in [-0.15, -0.1) is 0 Å². The molecule has 1 N–H and O–H groups in total. The average molecular weight is 241 g/mol. The number of allylic oxidation sites excluding steroid dienone is 2. The van der Waals surface area contributed by atoms with Crippen LogP contribution in [0.1, 0.15) is 23.7 Å². The van der Waals surface area contributed by atoms with E-state index >= 15 is 0 Å². The number of aliphatic imine (C=N–C) groups is 1. The Bertz CT molecular complexity index is 511. The summed E-state index contributed by atoms with van der Waals surface area (Å²) in [5, 5.41) is 9.94. The molecule has 0 aliphatic heterocycles. The van der Waals surface area contributed by atoms with Crippen LogP contribution >= 0.6 is 0 Å². The monoisotopic (exact) mass is 241 g/mol. The van der Waals surface area contributed by atoms with Gasteiger partial charge >= 0.3 is 0 Å². The number of hydrogen-bond acceptors (Lipinski definition) is 2. The van der Waals surface area contributed by atoms with Gasteiger partial charge in [-0.05, 0) is 42.9 Å². The van der Waals surface area contributed by atoms with E-state index < -0.39 is 5.60 Å². The number of hydrogen-bond donors (Lipinski definition) is 1. The molecule has 92 valence electrons. The van der Waals surface area contributed by atoms with Crippen LogP contribution in [0.5, 0.6) is 0 Å². The summed E-state index contributed by atoms with van der Waals surface area (Å²) in [6.07, 6.45) is 7.25. The Balaban J connectivity index is 2.16. The molecule has 0 heterocycles. The molecule has 0 saturated carbocycles. The SMILES string of the molecule is CCC1(O)C=CC(=NC(=O)c2ccccc2)C=C1. The first-order valence-electron chi connectivity index (χ1n) is 5.92. The molecule has 18 heavy (non-hydrogen) atoms. The second-order valence-corrected chi connectivity index (χ2v) is 4.22. The number of amides is 1. The van der Waals surface area contributed by atoms with Gasteiger partial charge in [0.15, 0.2) is 0 Å². The first-order chi connectivity index (χ1) is 8.63. The van der Waals surface area contributed by atoms with Gasteiger partial charge in [-0.2, -0.15) is 0 Å². The molecule has 0 saturated heterocycles. The van der Waals surface area contributed by atoms with Crippen LogP contribution in [0.15, 0.2) is 59.6 Å². The third kappa shape index (κ3) is 2.81. The fraction of sp³-hybridized carbons (Fsp3) is 0.200. The minimum atomic E-state index is -0.908. The van der Waals surface area contributed by atoms with Crippen LogP contribution in [0, 0.1) is 0 Å². The van der Waals surface area contributed by atoms with Crippen LogP contribution < -0.4 is 0 Å². The van der Waals surface area contributed by atoms with Gasteiger partial charge in [-0.1, -0.05) is 25.1 Å². The highest BCUT2D eigenvalue weighted by atomic mass is 16.3. The molecule has 2 rings (SSSR count). The lowest BCUT2D eigenvalue weighted by molar-refractivity contribution is 0.100. The summed E-state index contributed by atoms with van der Waals surface area (Å²) in [6, 6.07) is 8.91. The van der Waals surface area contributed by atoms with Gasteiger partial charge in [0.25, 0.3) is 5.91 Å². The summed E-state index contributed by atoms with van der Waals surface area (Å²) in [7, 11) is 0. The van der Waals surface area contributed by atoms with Crippen molar-refractivity contribution in [3.8, 4) is 0 Å². The molecule has 1 aromatic rings. The molecular formula is C15H15NO2. The second-order valence-electron chi connectivity index (χ2n) is 4.22. The molecule has 0 aromatic heterocycles. The van der Waals surface area contributed by atoms with E-state index in [9.17, 15) is 9.90 Å². The predicted octanol–water partition coefficient (Wildman–Crippen LogP) is 2.53. The van der Waals surface area contributed by atoms with Gasteiger partial charge in [0.1, 0.15) is 5.60 Å². The first-order valence-corrected chi connectivity index (χ1v) is 5.92. The number of aliphatic hydroxyl groups is 1. The van der Waals surface area contributed by atoms with Crippen LogP contribution in [0.4, 0.5) is 0 Å². The van der Waals surface area contributed by atoms with E-state index in [1.54, 1.807) is 48.6 Å². The van der Waals surface area contributed by atoms with Crippen molar-refractivity contribution in [3.63, 3.8) is 0 Å². The normalized spacial score (nSPS) is 22.0. The van der Waals surface area contributed by atoms with Crippen molar-refractivity contribution in [2.24, 2.45) is 4.99 Å². The summed E-state index contributed by atoms with van der Waals surface area (Å²) in [4.78, 5) is 15.8. The maximum atomic E-state index is 11.8. The Morgan fingerprint density at radius 3 is 2.39 bits per heavy atom. The quantitative estimate of drug-likeness (QED) is 0.865. The van der Waals surface area contributed by atoms with E-state index in [-0.39, 0.29) is 5.91 Å². The molecular weight excluding hydrogens is 226 g/mol. The highest BCUT2D eigenvalue weighted by molar-refractivity contribution is 6.13. The topological polar surface area (TPSA) is 49.7 Å². The van der Waals surface area contributed by atoms with Gasteiger partial charge in [-0.3, -0.25) is 4.79 Å². The lowest BCUT2D eigenvalue weighted by atomic mass is 9.95. The zero-order chi connectivity index (χ0) is 13.0. The van der Waals surface area contributed by atoms with Crippen molar-refractivity contribution in [3.05, 3.63) is 60.2 Å². The van der Waals surface area contributed by atoms with E-state index in [2.05, 4.69) is 4.99 Å². The highest BCUT2D eigenvalue weighted by Crippen LogP contribution is 2.17. The predicted molar refractivity (Wildman–Crippen MR) is 71.7 cm³/mol. The summed E-state index contributed by atoms with van der Waals surface area (Å²) in [5.74, 6) is -0.276. The molecule has 0 radical (unpaired) electrons. The molecule has 3 nitrogen and oxygen atoms in total. The summed E-state index contributed by atoms with van der Waals surface area (Å²) in [6.45, 7) is 1.89. The Morgan fingerprint density at radius 2 is 1.83 bits per heavy atom. The fourth-order valence-corrected chi connectivity index (χ4v) is 1.64. The van der Waals surface area contributed by atoms with Crippen LogP contribution in [0.25, 0.3) is 0 Å². The van der Waals surface area contributed by atoms with Crippen molar-refractivity contribution < 1.29 is 9.90 Å². The highest BCUT2D eigenvalue weighted by Gasteiger charge is 2.19. The van der Waals surface area contributed by atoms with Crippen molar-refractivity contribution in [1.29, 1.82) is 0 Å². The van der Waals surface area contributed by atoms with Gasteiger partial charge in [0.2, 0.25) is 0 Å². The summed E-state index contributed by atoms with van der Waals surface area (Å²) < 4.78 is 0. The third-order valence-corrected chi connectivity index (χ3v) is 2.90. The number of nitrogens with zero attached hydrogens (tertiary/aromatic N) is 1. The van der Waals surface area contributed by atoms with Crippen LogP contribution in [0.2, 0.25) is 0 Å². The standard InChI is InChI=1S/C15H15NO2/c1-2-15(18)10-8-13(9-11-15)16-14(17)12-6-4-3-5-7-12/h3-11,18H,2H2,1H3. The van der Waals surface area contributed by atoms with Gasteiger partial charge in [0, 0.05) is 5.56 Å². The zero-order valence-electron chi connectivity index (χ0n) is 10.2. The van der Waals surface area contributed by atoms with Crippen LogP contribution in [-0.4, -0.2) is 22.3 Å². The maximum Gasteiger partial charge on any atom is 0.277 e. The zero-order valence-corrected chi connectivity index (χ0v) is 10.2. The van der Waals surface area contributed by atoms with E-state index in [4.69, 9.17) is 0 Å². The molecule has 0 atom stereocenters. The molecule has 0 bridgehead atoms. The number of benzene rings is 1. The Hall–Kier alpha value is -2.00. The molecule has 1 aliphatic rings. The molecule has 1 aliphatic carbocycles. The van der Waals surface area contributed by atoms with Gasteiger partial charge in [0.05, 0.1) is 5.71 Å². The minimum Gasteiger partial charge on any atom is -0.382 e. The smallest absolute Gasteiger partial charge is 0.277 e. The van der Waals surface area contributed by atoms with Gasteiger partial charge in [-0.25, -0.2) is 4.99 Å². The van der Waals surface area contributed by atoms with Crippen LogP contribution in [-0.2, 0) is 0 Å². The van der Waals surface area contributed by atoms with E-state index in [1.165, 1.54) is 0 Å². The Morgan fingerprint density at radius 1 is 1.22 bits per heavy atom. The fourth-order valence-electron chi connectivity index (χ4n) is 1.64. The molecule has 0 unspecified atom stereocenters. The number of carbonyl (C=O) groups excluding carboxylic acids is 1. The van der Waals surface area contributed by atoms with Crippen molar-refractivity contribution in [2.75, 3.05) is 0 Å². The summed E-state index contributed by atoms with van der Waals surface area (Å²) >= 11 is 0. The largest absolute Gasteiger partial charge is 0.382 e. The number of rotatable bonds is 2.